The average Bonchev–Trinajstić information content (AvgIpc) is 3.10. The van der Waals surface area contributed by atoms with Crippen molar-refractivity contribution in [2.24, 2.45) is 4.99 Å². The molecule has 1 aliphatic heterocycles. The van der Waals surface area contributed by atoms with E-state index < -0.39 is 35.7 Å². The van der Waals surface area contributed by atoms with Gasteiger partial charge in [-0.25, -0.2) is 9.98 Å². The standard InChI is InChI=1S/C25H22F6N4O2.C2H4/c1-14-20(13-36-2)35-23-15(5-8-19(34-23)22-17(25(29,30)31)4-3-11-32-22)12-33-18-9-6-16(24(26,27)28)7-10-21(18)37-14;1-2/h3-11,14,21,33H,12-13H2,1-2H3;1-2H2/b35-20-;. The molecule has 2 aromatic heterocycles. The Kier molecular flexibility index (Phi) is 9.46. The number of aliphatic imine (C=N–C) groups is 1. The molecule has 0 radical (unpaired) electrons. The highest BCUT2D eigenvalue weighted by atomic mass is 19.4. The van der Waals surface area contributed by atoms with Crippen molar-refractivity contribution in [1.82, 2.24) is 15.3 Å². The van der Waals surface area contributed by atoms with E-state index in [0.29, 0.717) is 17.0 Å². The van der Waals surface area contributed by atoms with Gasteiger partial charge in [0.25, 0.3) is 0 Å². The summed E-state index contributed by atoms with van der Waals surface area (Å²) in [6.45, 7) is 7.72. The molecule has 12 heteroatoms. The van der Waals surface area contributed by atoms with E-state index in [1.165, 1.54) is 37.6 Å². The van der Waals surface area contributed by atoms with Crippen molar-refractivity contribution in [3.05, 3.63) is 90.3 Å². The minimum absolute atomic E-state index is 0.00113. The molecule has 208 valence electrons. The number of hydrogen-bond donors (Lipinski definition) is 1. The van der Waals surface area contributed by atoms with Gasteiger partial charge in [-0.1, -0.05) is 12.1 Å². The van der Waals surface area contributed by atoms with E-state index in [0.717, 1.165) is 18.2 Å². The molecule has 0 amide bonds. The summed E-state index contributed by atoms with van der Waals surface area (Å²) in [7, 11) is 1.43. The van der Waals surface area contributed by atoms with Gasteiger partial charge in [-0.15, -0.1) is 13.2 Å². The zero-order valence-corrected chi connectivity index (χ0v) is 21.1. The lowest BCUT2D eigenvalue weighted by atomic mass is 10.1. The Hall–Kier alpha value is -3.77. The zero-order chi connectivity index (χ0) is 28.8. The number of pyridine rings is 2. The van der Waals surface area contributed by atoms with Crippen molar-refractivity contribution in [2.45, 2.75) is 38.0 Å². The van der Waals surface area contributed by atoms with E-state index in [9.17, 15) is 26.3 Å². The van der Waals surface area contributed by atoms with Gasteiger partial charge in [0.2, 0.25) is 0 Å². The van der Waals surface area contributed by atoms with Crippen molar-refractivity contribution in [3.8, 4) is 11.4 Å². The predicted molar refractivity (Wildman–Crippen MR) is 135 cm³/mol. The van der Waals surface area contributed by atoms with Crippen LogP contribution in [0.4, 0.5) is 32.2 Å². The Morgan fingerprint density at radius 2 is 1.82 bits per heavy atom. The molecule has 2 unspecified atom stereocenters. The molecular formula is C27H26F6N4O2. The van der Waals surface area contributed by atoms with Gasteiger partial charge in [0.05, 0.1) is 35.3 Å². The summed E-state index contributed by atoms with van der Waals surface area (Å²) in [5.41, 5.74) is -0.947. The van der Waals surface area contributed by atoms with Crippen LogP contribution in [0.25, 0.3) is 11.4 Å². The lowest BCUT2D eigenvalue weighted by Crippen LogP contribution is -2.34. The summed E-state index contributed by atoms with van der Waals surface area (Å²) in [6.07, 6.45) is -5.02. The second-order valence-corrected chi connectivity index (χ2v) is 8.27. The number of fused-ring (bicyclic) bond motifs is 2. The van der Waals surface area contributed by atoms with Gasteiger partial charge in [0, 0.05) is 31.1 Å². The third-order valence-electron chi connectivity index (χ3n) is 5.68. The van der Waals surface area contributed by atoms with Crippen LogP contribution >= 0.6 is 0 Å². The van der Waals surface area contributed by atoms with Gasteiger partial charge in [0.1, 0.15) is 11.8 Å². The van der Waals surface area contributed by atoms with E-state index in [1.807, 2.05) is 0 Å². The normalized spacial score (nSPS) is 20.9. The predicted octanol–water partition coefficient (Wildman–Crippen LogP) is 6.50. The summed E-state index contributed by atoms with van der Waals surface area (Å²) in [6, 6.07) is 5.06. The van der Waals surface area contributed by atoms with Crippen LogP contribution in [-0.4, -0.2) is 47.8 Å². The molecule has 0 aromatic carbocycles. The lowest BCUT2D eigenvalue weighted by molar-refractivity contribution is -0.137. The maximum absolute atomic E-state index is 13.6. The van der Waals surface area contributed by atoms with Gasteiger partial charge in [-0.2, -0.15) is 26.3 Å². The van der Waals surface area contributed by atoms with Crippen molar-refractivity contribution in [1.29, 1.82) is 0 Å². The number of rotatable bonds is 3. The zero-order valence-electron chi connectivity index (χ0n) is 21.1. The number of halogens is 6. The molecule has 39 heavy (non-hydrogen) atoms. The fraction of sp³-hybridized carbons (Fsp3) is 0.296. The van der Waals surface area contributed by atoms with Crippen LogP contribution in [0, 0.1) is 0 Å². The van der Waals surface area contributed by atoms with Gasteiger partial charge in [-0.3, -0.25) is 4.98 Å². The van der Waals surface area contributed by atoms with Crippen LogP contribution in [0.15, 0.2) is 84.2 Å². The van der Waals surface area contributed by atoms with Gasteiger partial charge >= 0.3 is 12.4 Å². The highest BCUT2D eigenvalue weighted by Crippen LogP contribution is 2.36. The summed E-state index contributed by atoms with van der Waals surface area (Å²) in [5, 5.41) is 3.06. The minimum Gasteiger partial charge on any atom is -0.382 e. The molecular weight excluding hydrogens is 526 g/mol. The number of ether oxygens (including phenoxy) is 2. The Labute approximate surface area is 221 Å². The topological polar surface area (TPSA) is 68.6 Å². The number of hydrogen-bond acceptors (Lipinski definition) is 6. The third kappa shape index (κ3) is 7.21. The van der Waals surface area contributed by atoms with E-state index in [-0.39, 0.29) is 30.4 Å². The van der Waals surface area contributed by atoms with Gasteiger partial charge in [0.15, 0.2) is 5.82 Å². The maximum atomic E-state index is 13.6. The molecule has 1 aliphatic carbocycles. The van der Waals surface area contributed by atoms with Crippen LogP contribution in [0.5, 0.6) is 0 Å². The highest BCUT2D eigenvalue weighted by molar-refractivity contribution is 5.92. The van der Waals surface area contributed by atoms with Gasteiger partial charge in [-0.05, 0) is 43.4 Å². The van der Waals surface area contributed by atoms with E-state index in [2.05, 4.69) is 33.4 Å². The van der Waals surface area contributed by atoms with Crippen molar-refractivity contribution >= 4 is 11.5 Å². The van der Waals surface area contributed by atoms with Crippen LogP contribution < -0.4 is 5.32 Å². The molecule has 2 atom stereocenters. The van der Waals surface area contributed by atoms with Gasteiger partial charge < -0.3 is 14.8 Å². The van der Waals surface area contributed by atoms with E-state index >= 15 is 0 Å². The fourth-order valence-electron chi connectivity index (χ4n) is 3.79. The first-order chi connectivity index (χ1) is 18.5. The monoisotopic (exact) mass is 552 g/mol. The first-order valence-corrected chi connectivity index (χ1v) is 11.6. The van der Waals surface area contributed by atoms with Crippen molar-refractivity contribution in [3.63, 3.8) is 0 Å². The number of nitrogens with zero attached hydrogens (tertiary/aromatic N) is 3. The molecule has 0 saturated carbocycles. The molecule has 0 fully saturated rings. The smallest absolute Gasteiger partial charge is 0.382 e. The SMILES string of the molecule is C=C.COC/C1=N/c2nc(-c3ncccc3C(F)(F)F)ccc2CNC2=CC=C(C(F)(F)F)C=CC2OC1C. The fourth-order valence-corrected chi connectivity index (χ4v) is 3.79. The quantitative estimate of drug-likeness (QED) is 0.348. The highest BCUT2D eigenvalue weighted by Gasteiger charge is 2.35. The first kappa shape index (κ1) is 29.8. The summed E-state index contributed by atoms with van der Waals surface area (Å²) in [4.78, 5) is 12.8. The number of alkyl halides is 6. The van der Waals surface area contributed by atoms with Crippen LogP contribution in [0.1, 0.15) is 18.1 Å². The number of methoxy groups -OCH3 is 1. The van der Waals surface area contributed by atoms with Crippen molar-refractivity contribution in [2.75, 3.05) is 13.7 Å². The molecule has 3 heterocycles. The van der Waals surface area contributed by atoms with Crippen LogP contribution in [-0.2, 0) is 22.2 Å². The molecule has 0 bridgehead atoms. The average molecular weight is 553 g/mol. The Morgan fingerprint density at radius 1 is 1.08 bits per heavy atom. The first-order valence-electron chi connectivity index (χ1n) is 11.6. The molecule has 6 nitrogen and oxygen atoms in total. The second-order valence-electron chi connectivity index (χ2n) is 8.27. The molecule has 4 rings (SSSR count). The number of allylic oxidation sites excluding steroid dienone is 4. The Morgan fingerprint density at radius 3 is 2.49 bits per heavy atom. The summed E-state index contributed by atoms with van der Waals surface area (Å²) < 4.78 is 91.8. The minimum atomic E-state index is -4.64. The molecule has 0 spiro atoms. The molecule has 2 aliphatic rings. The maximum Gasteiger partial charge on any atom is 0.418 e. The van der Waals surface area contributed by atoms with Crippen LogP contribution in [0.3, 0.4) is 0 Å². The third-order valence-corrected chi connectivity index (χ3v) is 5.68. The number of nitrogens with one attached hydrogen (secondary N) is 1. The van der Waals surface area contributed by atoms with Crippen LogP contribution in [0.2, 0.25) is 0 Å². The summed E-state index contributed by atoms with van der Waals surface area (Å²) >= 11 is 0. The Bertz CT molecular complexity index is 1300. The van der Waals surface area contributed by atoms with E-state index in [1.54, 1.807) is 13.0 Å². The number of aromatic nitrogens is 2. The van der Waals surface area contributed by atoms with Crippen molar-refractivity contribution < 1.29 is 35.8 Å². The largest absolute Gasteiger partial charge is 0.418 e. The molecule has 2 aromatic rings. The second kappa shape index (κ2) is 12.4. The lowest BCUT2D eigenvalue weighted by Gasteiger charge is -2.26. The summed E-state index contributed by atoms with van der Waals surface area (Å²) in [5.74, 6) is 0.112. The molecule has 0 saturated heterocycles. The van der Waals surface area contributed by atoms with E-state index in [4.69, 9.17) is 9.47 Å². The Balaban J connectivity index is 0.00000205. The molecule has 1 N–H and O–H groups in total.